The zero-order valence-corrected chi connectivity index (χ0v) is 22.7. The summed E-state index contributed by atoms with van der Waals surface area (Å²) in [6, 6.07) is 9.40. The third kappa shape index (κ3) is 4.99. The van der Waals surface area contributed by atoms with E-state index >= 15 is 0 Å². The predicted molar refractivity (Wildman–Crippen MR) is 146 cm³/mol. The van der Waals surface area contributed by atoms with Gasteiger partial charge >= 0.3 is 0 Å². The predicted octanol–water partition coefficient (Wildman–Crippen LogP) is 3.44. The second-order valence-corrected chi connectivity index (χ2v) is 10.2. The number of primary sulfonamides is 1. The van der Waals surface area contributed by atoms with Gasteiger partial charge in [-0.05, 0) is 31.2 Å². The van der Waals surface area contributed by atoms with Crippen LogP contribution >= 0.6 is 11.6 Å². The number of fused-ring (bicyclic) bond motifs is 1. The van der Waals surface area contributed by atoms with Gasteiger partial charge in [-0.15, -0.1) is 0 Å². The Morgan fingerprint density at radius 3 is 2.44 bits per heavy atom. The number of nitrogens with zero attached hydrogens (tertiary/aromatic N) is 6. The standard InChI is InChI=1S/C25H24ClN7O5S/c1-4-38-21-10-6-9-20(31-21)33-14-29-24-25(33)30-16(12-28-24)22-19(39(27,34)35)11-15(26)13-32(22)23-17(36-2)7-5-8-18(23)37-3/h5-14,22H,4H2,1-3H3,(H2,27,34,35). The molecule has 1 aliphatic rings. The summed E-state index contributed by atoms with van der Waals surface area (Å²) < 4.78 is 44.0. The number of methoxy groups -OCH3 is 2. The van der Waals surface area contributed by atoms with Crippen molar-refractivity contribution >= 4 is 38.6 Å². The van der Waals surface area contributed by atoms with Gasteiger partial charge in [-0.25, -0.2) is 28.5 Å². The van der Waals surface area contributed by atoms with Gasteiger partial charge in [-0.3, -0.25) is 4.57 Å². The number of hydrogen-bond donors (Lipinski definition) is 1. The molecule has 4 heterocycles. The van der Waals surface area contributed by atoms with Crippen molar-refractivity contribution in [3.8, 4) is 23.2 Å². The quantitative estimate of drug-likeness (QED) is 0.334. The van der Waals surface area contributed by atoms with Crippen molar-refractivity contribution in [2.45, 2.75) is 13.0 Å². The summed E-state index contributed by atoms with van der Waals surface area (Å²) in [4.78, 5) is 19.5. The topological polar surface area (TPSA) is 148 Å². The van der Waals surface area contributed by atoms with Crippen LogP contribution in [0.3, 0.4) is 0 Å². The van der Waals surface area contributed by atoms with Crippen LogP contribution < -0.4 is 24.2 Å². The molecule has 1 unspecified atom stereocenters. The first kappa shape index (κ1) is 26.4. The van der Waals surface area contributed by atoms with E-state index in [1.807, 2.05) is 6.92 Å². The summed E-state index contributed by atoms with van der Waals surface area (Å²) in [5, 5.41) is 5.80. The third-order valence-electron chi connectivity index (χ3n) is 5.88. The largest absolute Gasteiger partial charge is 0.494 e. The normalized spacial score (nSPS) is 15.6. The minimum atomic E-state index is -4.26. The van der Waals surface area contributed by atoms with E-state index in [4.69, 9.17) is 35.9 Å². The zero-order chi connectivity index (χ0) is 27.7. The Kier molecular flexibility index (Phi) is 7.12. The van der Waals surface area contributed by atoms with Gasteiger partial charge in [0.1, 0.15) is 35.4 Å². The van der Waals surface area contributed by atoms with Crippen LogP contribution in [0.1, 0.15) is 18.7 Å². The summed E-state index contributed by atoms with van der Waals surface area (Å²) in [6.07, 6.45) is 5.81. The molecule has 0 saturated carbocycles. The van der Waals surface area contributed by atoms with Crippen molar-refractivity contribution in [1.29, 1.82) is 0 Å². The van der Waals surface area contributed by atoms with Crippen LogP contribution in [0, 0.1) is 0 Å². The van der Waals surface area contributed by atoms with Gasteiger partial charge in [0.2, 0.25) is 15.9 Å². The zero-order valence-electron chi connectivity index (χ0n) is 21.1. The van der Waals surface area contributed by atoms with Gasteiger partial charge in [0.25, 0.3) is 0 Å². The van der Waals surface area contributed by atoms with Crippen LogP contribution in [0.4, 0.5) is 5.69 Å². The molecule has 1 aromatic carbocycles. The summed E-state index contributed by atoms with van der Waals surface area (Å²) in [6.45, 7) is 2.32. The molecular formula is C25H24ClN7O5S. The summed E-state index contributed by atoms with van der Waals surface area (Å²) in [5.41, 5.74) is 1.34. The van der Waals surface area contributed by atoms with Gasteiger partial charge in [0.05, 0.1) is 42.7 Å². The number of benzene rings is 1. The number of allylic oxidation sites excluding steroid dienone is 2. The molecule has 4 aromatic rings. The molecule has 5 rings (SSSR count). The molecule has 1 aliphatic heterocycles. The van der Waals surface area contributed by atoms with Crippen LogP contribution in [-0.4, -0.2) is 53.7 Å². The van der Waals surface area contributed by atoms with Gasteiger partial charge in [-0.1, -0.05) is 23.7 Å². The van der Waals surface area contributed by atoms with Gasteiger partial charge in [0, 0.05) is 12.3 Å². The molecule has 3 aromatic heterocycles. The van der Waals surface area contributed by atoms with Crippen molar-refractivity contribution < 1.29 is 22.6 Å². The lowest BCUT2D eigenvalue weighted by Gasteiger charge is -2.35. The van der Waals surface area contributed by atoms with E-state index in [2.05, 4.69) is 15.0 Å². The minimum Gasteiger partial charge on any atom is -0.494 e. The SMILES string of the molecule is CCOc1cccc(-n2cnc3ncc(C4C(S(N)(=O)=O)=CC(Cl)=CN4c4c(OC)cccc4OC)nc32)n1. The van der Waals surface area contributed by atoms with E-state index in [-0.39, 0.29) is 15.6 Å². The Morgan fingerprint density at radius 1 is 1.05 bits per heavy atom. The molecule has 12 nitrogen and oxygen atoms in total. The van der Waals surface area contributed by atoms with Crippen LogP contribution in [0.15, 0.2) is 71.1 Å². The highest BCUT2D eigenvalue weighted by atomic mass is 35.5. The number of nitrogens with two attached hydrogens (primary N) is 1. The highest BCUT2D eigenvalue weighted by molar-refractivity contribution is 7.93. The number of aromatic nitrogens is 5. The van der Waals surface area contributed by atoms with Gasteiger partial charge in [-0.2, -0.15) is 4.98 Å². The summed E-state index contributed by atoms with van der Waals surface area (Å²) in [7, 11) is -1.27. The number of sulfonamides is 1. The van der Waals surface area contributed by atoms with Crippen molar-refractivity contribution in [2.75, 3.05) is 25.7 Å². The first-order chi connectivity index (χ1) is 18.7. The average molecular weight is 570 g/mol. The molecule has 202 valence electrons. The van der Waals surface area contributed by atoms with Gasteiger partial charge in [0.15, 0.2) is 11.3 Å². The Balaban J connectivity index is 1.73. The van der Waals surface area contributed by atoms with E-state index in [1.165, 1.54) is 32.8 Å². The molecule has 0 fully saturated rings. The first-order valence-corrected chi connectivity index (χ1v) is 13.6. The maximum absolute atomic E-state index is 12.8. The molecule has 0 aliphatic carbocycles. The summed E-state index contributed by atoms with van der Waals surface area (Å²) >= 11 is 6.40. The molecule has 0 saturated heterocycles. The van der Waals surface area contributed by atoms with E-state index in [9.17, 15) is 8.42 Å². The number of para-hydroxylation sites is 1. The van der Waals surface area contributed by atoms with Crippen LogP contribution in [0.2, 0.25) is 0 Å². The molecule has 0 radical (unpaired) electrons. The van der Waals surface area contributed by atoms with E-state index < -0.39 is 16.1 Å². The molecule has 0 spiro atoms. The number of hydrogen-bond acceptors (Lipinski definition) is 10. The lowest BCUT2D eigenvalue weighted by molar-refractivity contribution is 0.326. The second kappa shape index (κ2) is 10.5. The van der Waals surface area contributed by atoms with E-state index in [0.29, 0.717) is 46.8 Å². The number of ether oxygens (including phenoxy) is 3. The molecule has 0 amide bonds. The molecule has 14 heteroatoms. The fourth-order valence-corrected chi connectivity index (χ4v) is 5.40. The van der Waals surface area contributed by atoms with Crippen molar-refractivity contribution in [2.24, 2.45) is 5.14 Å². The molecule has 0 bridgehead atoms. The molecule has 1 atom stereocenters. The lowest BCUT2D eigenvalue weighted by atomic mass is 10.1. The minimum absolute atomic E-state index is 0.124. The second-order valence-electron chi connectivity index (χ2n) is 8.25. The average Bonchev–Trinajstić information content (AvgIpc) is 3.35. The smallest absolute Gasteiger partial charge is 0.236 e. The Bertz CT molecular complexity index is 1700. The monoisotopic (exact) mass is 569 g/mol. The fourth-order valence-electron chi connectivity index (χ4n) is 4.27. The Morgan fingerprint density at radius 2 is 1.77 bits per heavy atom. The van der Waals surface area contributed by atoms with Crippen LogP contribution in [0.25, 0.3) is 17.1 Å². The summed E-state index contributed by atoms with van der Waals surface area (Å²) in [5.74, 6) is 1.74. The van der Waals surface area contributed by atoms with Crippen LogP contribution in [-0.2, 0) is 10.0 Å². The van der Waals surface area contributed by atoms with Gasteiger partial charge < -0.3 is 19.1 Å². The van der Waals surface area contributed by atoms with Crippen LogP contribution in [0.5, 0.6) is 17.4 Å². The Labute approximate surface area is 229 Å². The van der Waals surface area contributed by atoms with Crippen molar-refractivity contribution in [3.63, 3.8) is 0 Å². The Hall–Kier alpha value is -4.20. The lowest BCUT2D eigenvalue weighted by Crippen LogP contribution is -2.34. The molecule has 2 N–H and O–H groups in total. The number of halogens is 1. The fraction of sp³-hybridized carbons (Fsp3) is 0.200. The van der Waals surface area contributed by atoms with E-state index in [0.717, 1.165) is 0 Å². The number of anilines is 1. The number of rotatable bonds is 8. The maximum atomic E-state index is 12.8. The first-order valence-electron chi connectivity index (χ1n) is 11.7. The van der Waals surface area contributed by atoms with Crippen molar-refractivity contribution in [1.82, 2.24) is 24.5 Å². The maximum Gasteiger partial charge on any atom is 0.236 e. The number of imidazole rings is 1. The highest BCUT2D eigenvalue weighted by Crippen LogP contribution is 2.46. The highest BCUT2D eigenvalue weighted by Gasteiger charge is 2.37. The molecule has 39 heavy (non-hydrogen) atoms. The third-order valence-corrected chi connectivity index (χ3v) is 7.09. The van der Waals surface area contributed by atoms with Crippen molar-refractivity contribution in [3.05, 3.63) is 76.8 Å². The number of pyridine rings is 1. The van der Waals surface area contributed by atoms with E-state index in [1.54, 1.807) is 52.1 Å². The molecular weight excluding hydrogens is 546 g/mol.